The van der Waals surface area contributed by atoms with Gasteiger partial charge < -0.3 is 5.32 Å². The fourth-order valence-corrected chi connectivity index (χ4v) is 5.77. The monoisotopic (exact) mass is 485 g/mol. The Bertz CT molecular complexity index is 1180. The molecule has 1 aliphatic heterocycles. The molecule has 1 fully saturated rings. The molecule has 3 rings (SSSR count). The largest absolute Gasteiger partial charge is 0.326 e. The van der Waals surface area contributed by atoms with Gasteiger partial charge in [0.2, 0.25) is 15.9 Å². The number of sulfonamides is 2. The first-order valence-corrected chi connectivity index (χ1v) is 13.3. The highest BCUT2D eigenvalue weighted by Crippen LogP contribution is 2.25. The van der Waals surface area contributed by atoms with Crippen LogP contribution in [0.1, 0.15) is 18.4 Å². The van der Waals surface area contributed by atoms with E-state index in [-0.39, 0.29) is 17.3 Å². The fourth-order valence-electron chi connectivity index (χ4n) is 3.40. The first-order chi connectivity index (χ1) is 14.5. The molecule has 2 N–H and O–H groups in total. The molecule has 0 aliphatic carbocycles. The van der Waals surface area contributed by atoms with E-state index >= 15 is 0 Å². The number of piperidine rings is 1. The smallest absolute Gasteiger partial charge is 0.262 e. The second kappa shape index (κ2) is 9.15. The first kappa shape index (κ1) is 23.5. The summed E-state index contributed by atoms with van der Waals surface area (Å²) in [5.41, 5.74) is 1.20. The number of aryl methyl sites for hydroxylation is 1. The molecule has 1 amide bonds. The molecular weight excluding hydrogens is 462 g/mol. The van der Waals surface area contributed by atoms with Crippen LogP contribution >= 0.6 is 11.6 Å². The van der Waals surface area contributed by atoms with Crippen molar-refractivity contribution in [1.29, 1.82) is 0 Å². The topological polar surface area (TPSA) is 113 Å². The maximum atomic E-state index is 12.9. The molecule has 1 saturated heterocycles. The molecule has 0 spiro atoms. The zero-order chi connectivity index (χ0) is 22.8. The summed E-state index contributed by atoms with van der Waals surface area (Å²) in [5, 5.41) is 3.21. The van der Waals surface area contributed by atoms with E-state index in [1.165, 1.54) is 10.4 Å². The Labute approximate surface area is 187 Å². The summed E-state index contributed by atoms with van der Waals surface area (Å²) in [6.45, 7) is 2.17. The van der Waals surface area contributed by atoms with Crippen molar-refractivity contribution >= 4 is 48.9 Å². The number of benzene rings is 2. The van der Waals surface area contributed by atoms with Crippen LogP contribution in [-0.2, 0) is 24.8 Å². The number of nitrogens with one attached hydrogen (secondary N) is 2. The third kappa shape index (κ3) is 5.97. The predicted molar refractivity (Wildman–Crippen MR) is 121 cm³/mol. The van der Waals surface area contributed by atoms with Crippen molar-refractivity contribution < 1.29 is 21.6 Å². The number of nitrogens with zero attached hydrogens (tertiary/aromatic N) is 1. The van der Waals surface area contributed by atoms with Crippen LogP contribution in [0.15, 0.2) is 47.4 Å². The molecule has 0 radical (unpaired) electrons. The number of hydrogen-bond acceptors (Lipinski definition) is 5. The van der Waals surface area contributed by atoms with Crippen LogP contribution in [0.5, 0.6) is 0 Å². The second-order valence-electron chi connectivity index (χ2n) is 7.54. The lowest BCUT2D eigenvalue weighted by atomic mass is 9.98. The maximum Gasteiger partial charge on any atom is 0.262 e. The molecular formula is C20H24ClN3O5S2. The van der Waals surface area contributed by atoms with Gasteiger partial charge in [0, 0.05) is 29.5 Å². The molecule has 1 aliphatic rings. The molecule has 168 valence electrons. The lowest BCUT2D eigenvalue weighted by Crippen LogP contribution is -2.43. The fraction of sp³-hybridized carbons (Fsp3) is 0.350. The molecule has 8 nitrogen and oxygen atoms in total. The summed E-state index contributed by atoms with van der Waals surface area (Å²) >= 11 is 5.84. The molecule has 1 unspecified atom stereocenters. The second-order valence-corrected chi connectivity index (χ2v) is 11.6. The minimum Gasteiger partial charge on any atom is -0.326 e. The van der Waals surface area contributed by atoms with Crippen molar-refractivity contribution in [3.8, 4) is 0 Å². The average Bonchev–Trinajstić information content (AvgIpc) is 2.70. The summed E-state index contributed by atoms with van der Waals surface area (Å²) in [6.07, 6.45) is 2.27. The van der Waals surface area contributed by atoms with Gasteiger partial charge in [0.15, 0.2) is 0 Å². The van der Waals surface area contributed by atoms with Crippen molar-refractivity contribution in [2.24, 2.45) is 5.92 Å². The van der Waals surface area contributed by atoms with Crippen LogP contribution in [0.3, 0.4) is 0 Å². The van der Waals surface area contributed by atoms with E-state index in [9.17, 15) is 21.6 Å². The minimum absolute atomic E-state index is 0.0293. The highest BCUT2D eigenvalue weighted by Gasteiger charge is 2.30. The summed E-state index contributed by atoms with van der Waals surface area (Å²) in [5.74, 6) is -0.844. The van der Waals surface area contributed by atoms with Crippen molar-refractivity contribution in [2.45, 2.75) is 24.7 Å². The Morgan fingerprint density at radius 2 is 1.71 bits per heavy atom. The van der Waals surface area contributed by atoms with Crippen molar-refractivity contribution in [1.82, 2.24) is 4.31 Å². The summed E-state index contributed by atoms with van der Waals surface area (Å²) in [4.78, 5) is 12.7. The SMILES string of the molecule is Cc1ccc(NC(=O)C2CCCN(S(C)(=O)=O)C2)cc1S(=O)(=O)Nc1ccc(Cl)cc1. The van der Waals surface area contributed by atoms with E-state index in [0.717, 1.165) is 6.26 Å². The van der Waals surface area contributed by atoms with Gasteiger partial charge in [0.25, 0.3) is 10.0 Å². The highest BCUT2D eigenvalue weighted by molar-refractivity contribution is 7.92. The number of carbonyl (C=O) groups excluding carboxylic acids is 1. The standard InChI is InChI=1S/C20H24ClN3O5S2/c1-14-5-8-18(22-20(25)15-4-3-11-24(13-15)30(2,26)27)12-19(14)31(28,29)23-17-9-6-16(21)7-10-17/h5-10,12,15,23H,3-4,11,13H2,1-2H3,(H,22,25). The van der Waals surface area contributed by atoms with Crippen molar-refractivity contribution in [2.75, 3.05) is 29.4 Å². The van der Waals surface area contributed by atoms with Gasteiger partial charge in [-0.3, -0.25) is 9.52 Å². The van der Waals surface area contributed by atoms with Crippen LogP contribution in [0.25, 0.3) is 0 Å². The van der Waals surface area contributed by atoms with Crippen LogP contribution < -0.4 is 10.0 Å². The predicted octanol–water partition coefficient (Wildman–Crippen LogP) is 3.06. The number of hydrogen-bond donors (Lipinski definition) is 2. The average molecular weight is 486 g/mol. The number of carbonyl (C=O) groups is 1. The number of rotatable bonds is 6. The number of halogens is 1. The molecule has 2 aromatic carbocycles. The Kier molecular flexibility index (Phi) is 6.95. The van der Waals surface area contributed by atoms with Gasteiger partial charge in [0.05, 0.1) is 17.1 Å². The zero-order valence-corrected chi connectivity index (χ0v) is 19.5. The van der Waals surface area contributed by atoms with Crippen LogP contribution in [0.4, 0.5) is 11.4 Å². The Balaban J connectivity index is 1.77. The van der Waals surface area contributed by atoms with E-state index in [2.05, 4.69) is 10.0 Å². The Hall–Kier alpha value is -2.14. The molecule has 31 heavy (non-hydrogen) atoms. The molecule has 1 heterocycles. The summed E-state index contributed by atoms with van der Waals surface area (Å²) in [6, 6.07) is 10.9. The molecule has 0 aromatic heterocycles. The Morgan fingerprint density at radius 3 is 2.35 bits per heavy atom. The highest BCUT2D eigenvalue weighted by atomic mass is 35.5. The van der Waals surface area contributed by atoms with Crippen molar-refractivity contribution in [3.63, 3.8) is 0 Å². The van der Waals surface area contributed by atoms with E-state index in [4.69, 9.17) is 11.6 Å². The summed E-state index contributed by atoms with van der Waals surface area (Å²) < 4.78 is 53.1. The van der Waals surface area contributed by atoms with Gasteiger partial charge in [-0.05, 0) is 61.7 Å². The normalized spacial score (nSPS) is 17.8. The maximum absolute atomic E-state index is 12.9. The van der Waals surface area contributed by atoms with Gasteiger partial charge in [-0.25, -0.2) is 21.1 Å². The quantitative estimate of drug-likeness (QED) is 0.652. The number of amides is 1. The van der Waals surface area contributed by atoms with E-state index in [1.807, 2.05) is 0 Å². The van der Waals surface area contributed by atoms with Crippen molar-refractivity contribution in [3.05, 3.63) is 53.1 Å². The molecule has 11 heteroatoms. The lowest BCUT2D eigenvalue weighted by molar-refractivity contribution is -0.120. The van der Waals surface area contributed by atoms with E-state index in [0.29, 0.717) is 41.3 Å². The lowest BCUT2D eigenvalue weighted by Gasteiger charge is -2.30. The zero-order valence-electron chi connectivity index (χ0n) is 17.1. The number of anilines is 2. The third-order valence-electron chi connectivity index (χ3n) is 5.07. The van der Waals surface area contributed by atoms with Crippen LogP contribution in [0, 0.1) is 12.8 Å². The van der Waals surface area contributed by atoms with Gasteiger partial charge in [0.1, 0.15) is 0 Å². The molecule has 1 atom stereocenters. The third-order valence-corrected chi connectivity index (χ3v) is 8.11. The van der Waals surface area contributed by atoms with Gasteiger partial charge in [-0.15, -0.1) is 0 Å². The van der Waals surface area contributed by atoms with E-state index < -0.39 is 26.0 Å². The van der Waals surface area contributed by atoms with Gasteiger partial charge >= 0.3 is 0 Å². The molecule has 0 saturated carbocycles. The Morgan fingerprint density at radius 1 is 1.06 bits per heavy atom. The first-order valence-electron chi connectivity index (χ1n) is 9.61. The van der Waals surface area contributed by atoms with Gasteiger partial charge in [-0.1, -0.05) is 17.7 Å². The molecule has 0 bridgehead atoms. The van der Waals surface area contributed by atoms with Gasteiger partial charge in [-0.2, -0.15) is 0 Å². The molecule has 2 aromatic rings. The van der Waals surface area contributed by atoms with E-state index in [1.54, 1.807) is 43.3 Å². The minimum atomic E-state index is -3.90. The van der Waals surface area contributed by atoms with Crippen LogP contribution in [-0.4, -0.2) is 46.4 Å². The summed E-state index contributed by atoms with van der Waals surface area (Å²) in [7, 11) is -7.27. The van der Waals surface area contributed by atoms with Crippen LogP contribution in [0.2, 0.25) is 5.02 Å².